The standard InChI is InChI=1S/C17H32O6/c1-16(2,12-14(18)19)6-10-22-8-5-9-23-11-7-17(3,4)13-15(20)21/h5-13H2,1-4H3,(H,18,19)(H,20,21). The average molecular weight is 332 g/mol. The third-order valence-corrected chi connectivity index (χ3v) is 3.68. The van der Waals surface area contributed by atoms with Crippen LogP contribution in [0.5, 0.6) is 0 Å². The highest BCUT2D eigenvalue weighted by Crippen LogP contribution is 2.25. The third-order valence-electron chi connectivity index (χ3n) is 3.68. The largest absolute Gasteiger partial charge is 0.481 e. The second kappa shape index (κ2) is 10.6. The van der Waals surface area contributed by atoms with Gasteiger partial charge in [0.25, 0.3) is 0 Å². The normalized spacial score (nSPS) is 12.3. The van der Waals surface area contributed by atoms with Gasteiger partial charge in [-0.2, -0.15) is 0 Å². The smallest absolute Gasteiger partial charge is 0.303 e. The van der Waals surface area contributed by atoms with Crippen LogP contribution in [0.4, 0.5) is 0 Å². The number of carbonyl (C=O) groups is 2. The Morgan fingerprint density at radius 3 is 1.39 bits per heavy atom. The van der Waals surface area contributed by atoms with Gasteiger partial charge >= 0.3 is 11.9 Å². The van der Waals surface area contributed by atoms with Crippen molar-refractivity contribution in [1.29, 1.82) is 0 Å². The summed E-state index contributed by atoms with van der Waals surface area (Å²) in [5.74, 6) is -1.57. The SMILES string of the molecule is CC(C)(CCOCCCOCCC(C)(C)CC(=O)O)CC(=O)O. The van der Waals surface area contributed by atoms with Crippen molar-refractivity contribution in [2.75, 3.05) is 26.4 Å². The van der Waals surface area contributed by atoms with Crippen LogP contribution >= 0.6 is 0 Å². The minimum atomic E-state index is -0.783. The summed E-state index contributed by atoms with van der Waals surface area (Å²) in [4.78, 5) is 21.4. The summed E-state index contributed by atoms with van der Waals surface area (Å²) >= 11 is 0. The molecule has 0 spiro atoms. The molecule has 0 unspecified atom stereocenters. The summed E-state index contributed by atoms with van der Waals surface area (Å²) in [5, 5.41) is 17.6. The predicted molar refractivity (Wildman–Crippen MR) is 87.6 cm³/mol. The van der Waals surface area contributed by atoms with Crippen molar-refractivity contribution in [2.45, 2.75) is 59.8 Å². The van der Waals surface area contributed by atoms with E-state index in [2.05, 4.69) is 0 Å². The van der Waals surface area contributed by atoms with E-state index in [9.17, 15) is 9.59 Å². The van der Waals surface area contributed by atoms with Gasteiger partial charge in [-0.25, -0.2) is 0 Å². The molecule has 0 saturated heterocycles. The molecule has 0 saturated carbocycles. The maximum absolute atomic E-state index is 10.7. The van der Waals surface area contributed by atoms with Gasteiger partial charge < -0.3 is 19.7 Å². The van der Waals surface area contributed by atoms with Crippen LogP contribution in [-0.4, -0.2) is 48.6 Å². The summed E-state index contributed by atoms with van der Waals surface area (Å²) < 4.78 is 11.0. The van der Waals surface area contributed by atoms with Gasteiger partial charge in [0.1, 0.15) is 0 Å². The Bertz CT molecular complexity index is 328. The maximum Gasteiger partial charge on any atom is 0.303 e. The second-order valence-corrected chi connectivity index (χ2v) is 7.55. The number of hydrogen-bond acceptors (Lipinski definition) is 4. The first-order valence-corrected chi connectivity index (χ1v) is 8.13. The quantitative estimate of drug-likeness (QED) is 0.475. The average Bonchev–Trinajstić information content (AvgIpc) is 2.33. The number of aliphatic carboxylic acids is 2. The Morgan fingerprint density at radius 1 is 0.739 bits per heavy atom. The van der Waals surface area contributed by atoms with Crippen LogP contribution < -0.4 is 0 Å². The fraction of sp³-hybridized carbons (Fsp3) is 0.882. The van der Waals surface area contributed by atoms with E-state index < -0.39 is 11.9 Å². The molecule has 0 aromatic heterocycles. The van der Waals surface area contributed by atoms with Crippen LogP contribution in [0.1, 0.15) is 59.8 Å². The Hall–Kier alpha value is -1.14. The van der Waals surface area contributed by atoms with Crippen LogP contribution in [0.25, 0.3) is 0 Å². The van der Waals surface area contributed by atoms with E-state index in [0.717, 1.165) is 6.42 Å². The van der Waals surface area contributed by atoms with Gasteiger partial charge in [0, 0.05) is 26.4 Å². The third kappa shape index (κ3) is 14.2. The Morgan fingerprint density at radius 2 is 1.09 bits per heavy atom. The summed E-state index contributed by atoms with van der Waals surface area (Å²) in [6.45, 7) is 9.96. The molecular formula is C17H32O6. The van der Waals surface area contributed by atoms with E-state index in [1.54, 1.807) is 0 Å². The molecule has 0 aliphatic rings. The highest BCUT2D eigenvalue weighted by Gasteiger charge is 2.22. The molecule has 0 aromatic rings. The summed E-state index contributed by atoms with van der Waals surface area (Å²) in [5.41, 5.74) is -0.504. The minimum Gasteiger partial charge on any atom is -0.481 e. The molecule has 2 N–H and O–H groups in total. The van der Waals surface area contributed by atoms with Gasteiger partial charge in [0.15, 0.2) is 0 Å². The molecule has 23 heavy (non-hydrogen) atoms. The number of rotatable bonds is 14. The van der Waals surface area contributed by atoms with Crippen molar-refractivity contribution in [3.05, 3.63) is 0 Å². The second-order valence-electron chi connectivity index (χ2n) is 7.55. The molecule has 0 bridgehead atoms. The molecule has 0 heterocycles. The van der Waals surface area contributed by atoms with Crippen LogP contribution in [0, 0.1) is 10.8 Å². The zero-order chi connectivity index (χ0) is 17.9. The fourth-order valence-corrected chi connectivity index (χ4v) is 2.16. The van der Waals surface area contributed by atoms with Gasteiger partial charge in [-0.3, -0.25) is 9.59 Å². The van der Waals surface area contributed by atoms with E-state index in [1.165, 1.54) is 0 Å². The molecule has 6 heteroatoms. The monoisotopic (exact) mass is 332 g/mol. The van der Waals surface area contributed by atoms with E-state index in [-0.39, 0.29) is 23.7 Å². The van der Waals surface area contributed by atoms with Gasteiger partial charge in [0.2, 0.25) is 0 Å². The predicted octanol–water partition coefficient (Wildman–Crippen LogP) is 3.19. The lowest BCUT2D eigenvalue weighted by Gasteiger charge is -2.22. The van der Waals surface area contributed by atoms with Crippen molar-refractivity contribution in [3.8, 4) is 0 Å². The van der Waals surface area contributed by atoms with Crippen LogP contribution in [-0.2, 0) is 19.1 Å². The first-order valence-electron chi connectivity index (χ1n) is 8.13. The van der Waals surface area contributed by atoms with Crippen LogP contribution in [0.3, 0.4) is 0 Å². The van der Waals surface area contributed by atoms with Gasteiger partial charge in [-0.15, -0.1) is 0 Å². The zero-order valence-corrected chi connectivity index (χ0v) is 14.9. The van der Waals surface area contributed by atoms with Crippen molar-refractivity contribution in [3.63, 3.8) is 0 Å². The Labute approximate surface area is 139 Å². The molecule has 0 radical (unpaired) electrons. The molecule has 0 rings (SSSR count). The number of ether oxygens (including phenoxy) is 2. The fourth-order valence-electron chi connectivity index (χ4n) is 2.16. The van der Waals surface area contributed by atoms with E-state index in [0.29, 0.717) is 39.3 Å². The van der Waals surface area contributed by atoms with Crippen LogP contribution in [0.2, 0.25) is 0 Å². The Kier molecular flexibility index (Phi) is 10.1. The van der Waals surface area contributed by atoms with Gasteiger partial charge in [0.05, 0.1) is 12.8 Å². The molecule has 0 fully saturated rings. The first kappa shape index (κ1) is 21.9. The van der Waals surface area contributed by atoms with Crippen molar-refractivity contribution in [1.82, 2.24) is 0 Å². The van der Waals surface area contributed by atoms with Crippen molar-refractivity contribution >= 4 is 11.9 Å². The van der Waals surface area contributed by atoms with Gasteiger partial charge in [-0.1, -0.05) is 27.7 Å². The molecule has 0 atom stereocenters. The minimum absolute atomic E-state index is 0.144. The molecular weight excluding hydrogens is 300 g/mol. The van der Waals surface area contributed by atoms with Crippen LogP contribution in [0.15, 0.2) is 0 Å². The highest BCUT2D eigenvalue weighted by atomic mass is 16.5. The lowest BCUT2D eigenvalue weighted by molar-refractivity contribution is -0.140. The van der Waals surface area contributed by atoms with Crippen molar-refractivity contribution < 1.29 is 29.3 Å². The van der Waals surface area contributed by atoms with Gasteiger partial charge in [-0.05, 0) is 30.1 Å². The summed E-state index contributed by atoms with van der Waals surface area (Å²) in [6.07, 6.45) is 2.49. The maximum atomic E-state index is 10.7. The molecule has 0 aliphatic carbocycles. The number of carboxylic acid groups (broad SMARTS) is 2. The lowest BCUT2D eigenvalue weighted by Crippen LogP contribution is -2.20. The van der Waals surface area contributed by atoms with E-state index >= 15 is 0 Å². The van der Waals surface area contributed by atoms with E-state index in [1.807, 2.05) is 27.7 Å². The number of carboxylic acids is 2. The lowest BCUT2D eigenvalue weighted by atomic mass is 9.86. The first-order chi connectivity index (χ1) is 10.5. The molecule has 6 nitrogen and oxygen atoms in total. The Balaban J connectivity index is 3.53. The molecule has 136 valence electrons. The van der Waals surface area contributed by atoms with E-state index in [4.69, 9.17) is 19.7 Å². The summed E-state index contributed by atoms with van der Waals surface area (Å²) in [7, 11) is 0. The highest BCUT2D eigenvalue weighted by molar-refractivity contribution is 5.67. The number of hydrogen-bond donors (Lipinski definition) is 2. The topological polar surface area (TPSA) is 93.1 Å². The summed E-state index contributed by atoms with van der Waals surface area (Å²) in [6, 6.07) is 0. The molecule has 0 aromatic carbocycles. The molecule has 0 aliphatic heterocycles. The zero-order valence-electron chi connectivity index (χ0n) is 14.9. The molecule has 0 amide bonds. The van der Waals surface area contributed by atoms with Crippen molar-refractivity contribution in [2.24, 2.45) is 10.8 Å².